The van der Waals surface area contributed by atoms with Gasteiger partial charge in [0.05, 0.1) is 23.4 Å². The first kappa shape index (κ1) is 18.3. The largest absolute Gasteiger partial charge is 0.494 e. The number of carbonyl (C=O) groups excluding carboxylic acids is 1. The van der Waals surface area contributed by atoms with Crippen molar-refractivity contribution in [3.63, 3.8) is 0 Å². The Morgan fingerprint density at radius 3 is 2.69 bits per heavy atom. The molecule has 7 heteroatoms. The molecule has 0 fully saturated rings. The van der Waals surface area contributed by atoms with Gasteiger partial charge in [-0.15, -0.1) is 0 Å². The number of benzene rings is 2. The van der Waals surface area contributed by atoms with E-state index in [0.717, 1.165) is 16.8 Å². The number of H-pyrrole nitrogens is 1. The van der Waals surface area contributed by atoms with Crippen LogP contribution in [0.1, 0.15) is 13.8 Å². The third-order valence-electron chi connectivity index (χ3n) is 3.83. The number of ether oxygens (including phenoxy) is 1. The number of nitrogens with one attached hydrogen (secondary N) is 1. The molecule has 26 heavy (non-hydrogen) atoms. The Morgan fingerprint density at radius 1 is 1.23 bits per heavy atom. The van der Waals surface area contributed by atoms with Crippen molar-refractivity contribution in [2.75, 3.05) is 23.8 Å². The quantitative estimate of drug-likeness (QED) is 0.629. The van der Waals surface area contributed by atoms with Crippen LogP contribution in [0.15, 0.2) is 47.6 Å². The summed E-state index contributed by atoms with van der Waals surface area (Å²) in [5, 5.41) is 0.678. The molecule has 1 N–H and O–H groups in total. The number of hydrogen-bond acceptors (Lipinski definition) is 4. The molecule has 0 aliphatic carbocycles. The molecule has 0 saturated heterocycles. The Hall–Kier alpha value is -2.54. The fraction of sp³-hybridized carbons (Fsp3) is 0.263. The monoisotopic (exact) mass is 373 g/mol. The first-order chi connectivity index (χ1) is 12.6. The van der Waals surface area contributed by atoms with Crippen molar-refractivity contribution in [1.29, 1.82) is 0 Å². The summed E-state index contributed by atoms with van der Waals surface area (Å²) in [6.07, 6.45) is 0. The number of fused-ring (bicyclic) bond motifs is 1. The zero-order valence-corrected chi connectivity index (χ0v) is 15.5. The Kier molecular flexibility index (Phi) is 5.78. The van der Waals surface area contributed by atoms with Crippen molar-refractivity contribution < 1.29 is 13.9 Å². The number of imidazole rings is 1. The number of nitrogens with zero attached hydrogens (tertiary/aromatic N) is 2. The Morgan fingerprint density at radius 2 is 2.00 bits per heavy atom. The van der Waals surface area contributed by atoms with E-state index in [9.17, 15) is 9.18 Å². The number of anilines is 1. The third kappa shape index (κ3) is 4.16. The summed E-state index contributed by atoms with van der Waals surface area (Å²) in [5.74, 6) is 0.647. The van der Waals surface area contributed by atoms with Crippen LogP contribution >= 0.6 is 11.8 Å². The van der Waals surface area contributed by atoms with Crippen molar-refractivity contribution in [2.24, 2.45) is 0 Å². The molecule has 5 nitrogen and oxygen atoms in total. The predicted octanol–water partition coefficient (Wildman–Crippen LogP) is 4.25. The summed E-state index contributed by atoms with van der Waals surface area (Å²) in [4.78, 5) is 21.9. The summed E-state index contributed by atoms with van der Waals surface area (Å²) >= 11 is 1.34. The molecule has 0 spiro atoms. The van der Waals surface area contributed by atoms with Gasteiger partial charge in [-0.3, -0.25) is 4.79 Å². The fourth-order valence-electron chi connectivity index (χ4n) is 2.62. The molecule has 0 saturated carbocycles. The van der Waals surface area contributed by atoms with Crippen molar-refractivity contribution in [3.05, 3.63) is 48.3 Å². The van der Waals surface area contributed by atoms with Crippen LogP contribution in [0, 0.1) is 5.82 Å². The van der Waals surface area contributed by atoms with Crippen molar-refractivity contribution in [3.8, 4) is 5.75 Å². The number of thioether (sulfide) groups is 1. The van der Waals surface area contributed by atoms with E-state index in [0.29, 0.717) is 24.0 Å². The highest BCUT2D eigenvalue weighted by atomic mass is 32.2. The molecule has 0 aliphatic heterocycles. The summed E-state index contributed by atoms with van der Waals surface area (Å²) in [7, 11) is 0. The normalized spacial score (nSPS) is 10.9. The van der Waals surface area contributed by atoms with Gasteiger partial charge in [0.1, 0.15) is 11.6 Å². The van der Waals surface area contributed by atoms with E-state index in [2.05, 4.69) is 9.97 Å². The van der Waals surface area contributed by atoms with E-state index < -0.39 is 0 Å². The van der Waals surface area contributed by atoms with Gasteiger partial charge in [0.2, 0.25) is 5.91 Å². The van der Waals surface area contributed by atoms with Crippen LogP contribution in [0.2, 0.25) is 0 Å². The van der Waals surface area contributed by atoms with Crippen LogP contribution < -0.4 is 9.64 Å². The van der Waals surface area contributed by atoms with E-state index in [-0.39, 0.29) is 17.5 Å². The number of amides is 1. The zero-order valence-electron chi connectivity index (χ0n) is 14.7. The molecule has 0 radical (unpaired) electrons. The maximum atomic E-state index is 13.1. The zero-order chi connectivity index (χ0) is 18.5. The van der Waals surface area contributed by atoms with Gasteiger partial charge in [0.25, 0.3) is 0 Å². The van der Waals surface area contributed by atoms with E-state index in [1.807, 2.05) is 32.0 Å². The van der Waals surface area contributed by atoms with E-state index in [1.54, 1.807) is 17.0 Å². The second kappa shape index (κ2) is 8.23. The fourth-order valence-corrected chi connectivity index (χ4v) is 3.38. The minimum absolute atomic E-state index is 0.0560. The first-order valence-electron chi connectivity index (χ1n) is 8.42. The van der Waals surface area contributed by atoms with Gasteiger partial charge in [-0.25, -0.2) is 9.37 Å². The third-order valence-corrected chi connectivity index (χ3v) is 4.69. The van der Waals surface area contributed by atoms with Crippen molar-refractivity contribution >= 4 is 34.4 Å². The van der Waals surface area contributed by atoms with Gasteiger partial charge >= 0.3 is 0 Å². The van der Waals surface area contributed by atoms with Gasteiger partial charge in [-0.05, 0) is 50.2 Å². The van der Waals surface area contributed by atoms with Crippen molar-refractivity contribution in [1.82, 2.24) is 9.97 Å². The maximum absolute atomic E-state index is 13.1. The minimum Gasteiger partial charge on any atom is -0.494 e. The Balaban J connectivity index is 1.68. The minimum atomic E-state index is -0.319. The molecule has 1 amide bonds. The molecule has 136 valence electrons. The highest BCUT2D eigenvalue weighted by Gasteiger charge is 2.15. The molecule has 2 aromatic carbocycles. The molecular weight excluding hydrogens is 353 g/mol. The van der Waals surface area contributed by atoms with E-state index in [4.69, 9.17) is 4.74 Å². The van der Waals surface area contributed by atoms with E-state index in [1.165, 1.54) is 23.9 Å². The lowest BCUT2D eigenvalue weighted by Crippen LogP contribution is -2.32. The molecule has 1 heterocycles. The Bertz CT molecular complexity index is 895. The number of rotatable bonds is 7. The number of aromatic amines is 1. The highest BCUT2D eigenvalue weighted by Crippen LogP contribution is 2.24. The van der Waals surface area contributed by atoms with Gasteiger partial charge in [0, 0.05) is 18.3 Å². The van der Waals surface area contributed by atoms with E-state index >= 15 is 0 Å². The number of carbonyl (C=O) groups is 1. The lowest BCUT2D eigenvalue weighted by molar-refractivity contribution is -0.116. The first-order valence-corrected chi connectivity index (χ1v) is 9.40. The number of hydrogen-bond donors (Lipinski definition) is 1. The van der Waals surface area contributed by atoms with Crippen LogP contribution in [0.3, 0.4) is 0 Å². The van der Waals surface area contributed by atoms with Crippen LogP contribution in [0.25, 0.3) is 11.0 Å². The Labute approximate surface area is 155 Å². The summed E-state index contributed by atoms with van der Waals surface area (Å²) in [5.41, 5.74) is 2.39. The summed E-state index contributed by atoms with van der Waals surface area (Å²) in [6.45, 7) is 4.95. The average Bonchev–Trinajstić information content (AvgIpc) is 3.04. The molecule has 3 aromatic rings. The molecule has 0 unspecified atom stereocenters. The second-order valence-corrected chi connectivity index (χ2v) is 6.52. The summed E-state index contributed by atoms with van der Waals surface area (Å²) in [6, 6.07) is 11.6. The molecule has 0 bridgehead atoms. The average molecular weight is 373 g/mol. The summed E-state index contributed by atoms with van der Waals surface area (Å²) < 4.78 is 18.6. The lowest BCUT2D eigenvalue weighted by atomic mass is 10.3. The highest BCUT2D eigenvalue weighted by molar-refractivity contribution is 7.99. The molecule has 3 rings (SSSR count). The predicted molar refractivity (Wildman–Crippen MR) is 102 cm³/mol. The van der Waals surface area contributed by atoms with Crippen LogP contribution in [-0.2, 0) is 4.79 Å². The topological polar surface area (TPSA) is 58.2 Å². The van der Waals surface area contributed by atoms with Gasteiger partial charge in [-0.1, -0.05) is 11.8 Å². The lowest BCUT2D eigenvalue weighted by Gasteiger charge is -2.20. The molecule has 1 aromatic heterocycles. The molecule has 0 atom stereocenters. The van der Waals surface area contributed by atoms with Crippen LogP contribution in [0.4, 0.5) is 10.1 Å². The standard InChI is InChI=1S/C19H20FN3O2S/c1-3-23(14-7-5-13(20)6-8-14)18(24)12-26-19-21-16-10-9-15(25-4-2)11-17(16)22-19/h5-11H,3-4,12H2,1-2H3,(H,21,22). The molecule has 0 aliphatic rings. The second-order valence-electron chi connectivity index (χ2n) is 5.56. The molecular formula is C19H20FN3O2S. The van der Waals surface area contributed by atoms with Crippen LogP contribution in [-0.4, -0.2) is 34.8 Å². The van der Waals surface area contributed by atoms with Gasteiger partial charge < -0.3 is 14.6 Å². The number of aromatic nitrogens is 2. The SMILES string of the molecule is CCOc1ccc2nc(SCC(=O)N(CC)c3ccc(F)cc3)[nH]c2c1. The van der Waals surface area contributed by atoms with Crippen LogP contribution in [0.5, 0.6) is 5.75 Å². The van der Waals surface area contributed by atoms with Gasteiger partial charge in [0.15, 0.2) is 5.16 Å². The van der Waals surface area contributed by atoms with Crippen molar-refractivity contribution in [2.45, 2.75) is 19.0 Å². The maximum Gasteiger partial charge on any atom is 0.237 e. The van der Waals surface area contributed by atoms with Gasteiger partial charge in [-0.2, -0.15) is 0 Å². The number of halogens is 1. The smallest absolute Gasteiger partial charge is 0.237 e.